The lowest BCUT2D eigenvalue weighted by Crippen LogP contribution is -2.49. The Balaban J connectivity index is 0.840. The number of imide groups is 1. The van der Waals surface area contributed by atoms with E-state index in [9.17, 15) is 19.1 Å². The molecule has 2 atom stereocenters. The van der Waals surface area contributed by atoms with Crippen LogP contribution in [0.15, 0.2) is 47.5 Å². The third-order valence-electron chi connectivity index (χ3n) is 11.3. The summed E-state index contributed by atoms with van der Waals surface area (Å²) in [5, 5.41) is 26.6. The van der Waals surface area contributed by atoms with E-state index in [0.29, 0.717) is 65.0 Å². The number of carbonyl (C=O) groups excluding carboxylic acids is 2. The number of halogens is 1. The highest BCUT2D eigenvalue weighted by atomic mass is 35.5. The average molecular weight is 797 g/mol. The van der Waals surface area contributed by atoms with Crippen molar-refractivity contribution in [3.63, 3.8) is 0 Å². The second-order valence-electron chi connectivity index (χ2n) is 15.2. The van der Waals surface area contributed by atoms with Crippen molar-refractivity contribution >= 4 is 68.2 Å². The zero-order valence-electron chi connectivity index (χ0n) is 31.7. The Hall–Kier alpha value is -4.95. The number of benzene rings is 2. The number of piperidine rings is 2. The SMILES string of the molecule is CC(Cc1cc(S(=O)N2CCC(Nc3ncc4c(Cl)nn(C)c4n3)CC2)ccc1C#N)CN1CCC(c2ccc3c(N4CCC(=O)NC4=O)nn(C)c3c2)CC1. The van der Waals surface area contributed by atoms with E-state index in [1.807, 2.05) is 34.2 Å². The molecule has 292 valence electrons. The van der Waals surface area contributed by atoms with E-state index in [1.54, 1.807) is 22.8 Å². The van der Waals surface area contributed by atoms with Crippen molar-refractivity contribution in [2.75, 3.05) is 49.5 Å². The Morgan fingerprint density at radius 2 is 1.79 bits per heavy atom. The van der Waals surface area contributed by atoms with Crippen LogP contribution < -0.4 is 15.5 Å². The van der Waals surface area contributed by atoms with Crippen molar-refractivity contribution in [3.05, 3.63) is 64.4 Å². The fraction of sp³-hybridized carbons (Fsp3) is 0.462. The van der Waals surface area contributed by atoms with E-state index >= 15 is 0 Å². The van der Waals surface area contributed by atoms with Gasteiger partial charge in [-0.3, -0.25) is 19.7 Å². The third kappa shape index (κ3) is 7.73. The lowest BCUT2D eigenvalue weighted by molar-refractivity contribution is -0.120. The minimum atomic E-state index is -1.34. The maximum Gasteiger partial charge on any atom is 0.329 e. The quantitative estimate of drug-likeness (QED) is 0.199. The first-order chi connectivity index (χ1) is 27.0. The molecule has 2 aromatic carbocycles. The Morgan fingerprint density at radius 3 is 2.54 bits per heavy atom. The molecule has 15 nitrogen and oxygen atoms in total. The molecule has 0 saturated carbocycles. The van der Waals surface area contributed by atoms with Crippen molar-refractivity contribution in [2.45, 2.75) is 62.3 Å². The Morgan fingerprint density at radius 1 is 1.00 bits per heavy atom. The number of fused-ring (bicyclic) bond motifs is 2. The second-order valence-corrected chi connectivity index (χ2v) is 17.1. The molecule has 3 aliphatic rings. The summed E-state index contributed by atoms with van der Waals surface area (Å²) in [5.41, 5.74) is 4.48. The zero-order valence-corrected chi connectivity index (χ0v) is 33.3. The van der Waals surface area contributed by atoms with E-state index in [0.717, 1.165) is 73.1 Å². The zero-order chi connectivity index (χ0) is 39.1. The van der Waals surface area contributed by atoms with Crippen LogP contribution in [-0.4, -0.2) is 100 Å². The smallest absolute Gasteiger partial charge is 0.329 e. The predicted molar refractivity (Wildman–Crippen MR) is 215 cm³/mol. The van der Waals surface area contributed by atoms with Crippen LogP contribution in [-0.2, 0) is 36.3 Å². The van der Waals surface area contributed by atoms with Crippen LogP contribution in [0.5, 0.6) is 0 Å². The van der Waals surface area contributed by atoms with Gasteiger partial charge in [0.15, 0.2) is 16.6 Å². The van der Waals surface area contributed by atoms with Gasteiger partial charge in [-0.15, -0.1) is 0 Å². The van der Waals surface area contributed by atoms with E-state index < -0.39 is 17.0 Å². The minimum Gasteiger partial charge on any atom is -0.351 e. The number of hydrogen-bond acceptors (Lipinski definition) is 10. The molecule has 5 aromatic rings. The summed E-state index contributed by atoms with van der Waals surface area (Å²) < 4.78 is 19.2. The maximum atomic E-state index is 13.8. The summed E-state index contributed by atoms with van der Waals surface area (Å²) in [5.74, 6) is 1.56. The summed E-state index contributed by atoms with van der Waals surface area (Å²) >= 11 is 6.17. The van der Waals surface area contributed by atoms with Gasteiger partial charge < -0.3 is 10.2 Å². The molecular formula is C39H45ClN12O3S. The van der Waals surface area contributed by atoms with Gasteiger partial charge in [-0.2, -0.15) is 20.4 Å². The molecule has 3 saturated heterocycles. The molecule has 0 bridgehead atoms. The summed E-state index contributed by atoms with van der Waals surface area (Å²) in [4.78, 5) is 38.0. The van der Waals surface area contributed by atoms with Crippen molar-refractivity contribution in [2.24, 2.45) is 20.0 Å². The number of hydrogen-bond donors (Lipinski definition) is 2. The van der Waals surface area contributed by atoms with Crippen molar-refractivity contribution in [1.82, 2.24) is 44.1 Å². The molecule has 17 heteroatoms. The van der Waals surface area contributed by atoms with Crippen LogP contribution in [0.2, 0.25) is 5.15 Å². The summed E-state index contributed by atoms with van der Waals surface area (Å²) in [7, 11) is 2.35. The highest BCUT2D eigenvalue weighted by Gasteiger charge is 2.30. The largest absolute Gasteiger partial charge is 0.351 e. The van der Waals surface area contributed by atoms with Gasteiger partial charge in [0.05, 0.1) is 27.4 Å². The van der Waals surface area contributed by atoms with Gasteiger partial charge in [0.2, 0.25) is 11.9 Å². The Kier molecular flexibility index (Phi) is 10.8. The van der Waals surface area contributed by atoms with E-state index in [4.69, 9.17) is 11.6 Å². The normalized spacial score (nSPS) is 19.0. The molecular weight excluding hydrogens is 752 g/mol. The Bertz CT molecular complexity index is 2370. The highest BCUT2D eigenvalue weighted by Crippen LogP contribution is 2.34. The van der Waals surface area contributed by atoms with Crippen LogP contribution in [0, 0.1) is 17.2 Å². The Labute approximate surface area is 332 Å². The highest BCUT2D eigenvalue weighted by molar-refractivity contribution is 7.82. The summed E-state index contributed by atoms with van der Waals surface area (Å²) in [6.07, 6.45) is 6.32. The van der Waals surface area contributed by atoms with Gasteiger partial charge in [-0.1, -0.05) is 24.6 Å². The average Bonchev–Trinajstić information content (AvgIpc) is 3.67. The molecule has 3 fully saturated rings. The van der Waals surface area contributed by atoms with Crippen molar-refractivity contribution < 1.29 is 13.8 Å². The number of aromatic nitrogens is 6. The number of rotatable bonds is 10. The van der Waals surface area contributed by atoms with Gasteiger partial charge >= 0.3 is 6.03 Å². The number of nitrogens with one attached hydrogen (secondary N) is 2. The van der Waals surface area contributed by atoms with E-state index in [-0.39, 0.29) is 18.4 Å². The molecule has 3 amide bonds. The number of anilines is 2. The van der Waals surface area contributed by atoms with Crippen molar-refractivity contribution in [3.8, 4) is 6.07 Å². The topological polar surface area (TPSA) is 170 Å². The van der Waals surface area contributed by atoms with Gasteiger partial charge in [0, 0.05) is 64.3 Å². The monoisotopic (exact) mass is 796 g/mol. The number of nitrogens with zero attached hydrogens (tertiary/aromatic N) is 10. The molecule has 0 radical (unpaired) electrons. The van der Waals surface area contributed by atoms with Gasteiger partial charge in [-0.25, -0.2) is 23.0 Å². The van der Waals surface area contributed by atoms with E-state index in [1.165, 1.54) is 5.56 Å². The van der Waals surface area contributed by atoms with E-state index in [2.05, 4.69) is 66.9 Å². The number of amides is 3. The lowest BCUT2D eigenvalue weighted by Gasteiger charge is -2.34. The van der Waals surface area contributed by atoms with Gasteiger partial charge in [0.25, 0.3) is 0 Å². The number of urea groups is 1. The second kappa shape index (κ2) is 15.9. The van der Waals surface area contributed by atoms with Crippen LogP contribution in [0.3, 0.4) is 0 Å². The number of aryl methyl sites for hydroxylation is 2. The molecule has 3 aromatic heterocycles. The summed E-state index contributed by atoms with van der Waals surface area (Å²) in [6, 6.07) is 14.1. The van der Waals surface area contributed by atoms with Gasteiger partial charge in [0.1, 0.15) is 11.0 Å². The first kappa shape index (κ1) is 37.9. The fourth-order valence-corrected chi connectivity index (χ4v) is 9.84. The minimum absolute atomic E-state index is 0.148. The molecule has 2 unspecified atom stereocenters. The molecule has 8 rings (SSSR count). The van der Waals surface area contributed by atoms with Crippen LogP contribution >= 0.6 is 11.6 Å². The molecule has 6 heterocycles. The van der Waals surface area contributed by atoms with Crippen LogP contribution in [0.1, 0.15) is 61.6 Å². The first-order valence-electron chi connectivity index (χ1n) is 19.2. The number of carbonyl (C=O) groups is 2. The fourth-order valence-electron chi connectivity index (χ4n) is 8.33. The van der Waals surface area contributed by atoms with Crippen molar-refractivity contribution in [1.29, 1.82) is 5.26 Å². The third-order valence-corrected chi connectivity index (χ3v) is 13.1. The molecule has 2 N–H and O–H groups in total. The lowest BCUT2D eigenvalue weighted by atomic mass is 9.88. The first-order valence-corrected chi connectivity index (χ1v) is 20.6. The maximum absolute atomic E-state index is 13.8. The molecule has 0 spiro atoms. The number of nitriles is 1. The van der Waals surface area contributed by atoms with Gasteiger partial charge in [-0.05, 0) is 98.5 Å². The standard InChI is InChI=1S/C39H45ClN12O3S/c1-24(23-50-13-8-25(9-14-50)26-5-7-31-33(20-26)48(2)47-37(31)52-17-12-34(53)44-39(52)54)18-28-19-30(6-4-27(28)21-41)56(55)51-15-10-29(11-16-51)43-38-42-22-32-35(40)46-49(3)36(32)45-38/h4-7,19-20,22,24-25,29H,8-18,23H2,1-3H3,(H,42,43,45)(H,44,53,54). The summed E-state index contributed by atoms with van der Waals surface area (Å²) in [6.45, 7) is 6.72. The number of likely N-dealkylation sites (tertiary alicyclic amines) is 1. The molecule has 0 aliphatic carbocycles. The van der Waals surface area contributed by atoms with Crippen LogP contribution in [0.25, 0.3) is 21.9 Å². The molecule has 3 aliphatic heterocycles. The molecule has 56 heavy (non-hydrogen) atoms. The predicted octanol–water partition coefficient (Wildman–Crippen LogP) is 4.88. The van der Waals surface area contributed by atoms with Crippen LogP contribution in [0.4, 0.5) is 16.6 Å².